The second-order valence-electron chi connectivity index (χ2n) is 17.4. The molecule has 13 rings (SSSR count). The number of rotatable bonds is 4. The molecule has 0 atom stereocenters. The lowest BCUT2D eigenvalue weighted by atomic mass is 9.82. The molecule has 0 aliphatic heterocycles. The van der Waals surface area contributed by atoms with Gasteiger partial charge in [0.2, 0.25) is 0 Å². The molecule has 3 nitrogen and oxygen atoms in total. The van der Waals surface area contributed by atoms with E-state index < -0.39 is 0 Å². The quantitative estimate of drug-likeness (QED) is 0.166. The first-order valence-corrected chi connectivity index (χ1v) is 21.5. The minimum absolute atomic E-state index is 0.153. The molecule has 0 unspecified atom stereocenters. The summed E-state index contributed by atoms with van der Waals surface area (Å²) in [4.78, 5) is 11.1. The monoisotopic (exact) mass is 789 g/mol. The van der Waals surface area contributed by atoms with Crippen molar-refractivity contribution >= 4 is 65.0 Å². The molecule has 0 saturated carbocycles. The van der Waals surface area contributed by atoms with E-state index >= 15 is 0 Å². The number of hydrogen-bond acceptors (Lipinski definition) is 2. The van der Waals surface area contributed by atoms with Gasteiger partial charge in [0.15, 0.2) is 5.82 Å². The maximum Gasteiger partial charge on any atom is 0.162 e. The summed E-state index contributed by atoms with van der Waals surface area (Å²) in [6.07, 6.45) is 0. The van der Waals surface area contributed by atoms with E-state index in [4.69, 9.17) is 9.97 Å². The molecule has 0 N–H and O–H groups in total. The molecule has 0 spiro atoms. The van der Waals surface area contributed by atoms with E-state index in [0.29, 0.717) is 5.82 Å². The van der Waals surface area contributed by atoms with Crippen molar-refractivity contribution in [3.05, 3.63) is 211 Å². The fourth-order valence-corrected chi connectivity index (χ4v) is 10.5. The van der Waals surface area contributed by atoms with Gasteiger partial charge in [-0.25, -0.2) is 9.97 Å². The van der Waals surface area contributed by atoms with Gasteiger partial charge in [0.25, 0.3) is 0 Å². The normalized spacial score (nSPS) is 13.1. The molecule has 0 amide bonds. The van der Waals surface area contributed by atoms with E-state index in [1.807, 2.05) is 0 Å². The molecule has 2 heterocycles. The minimum atomic E-state index is -0.153. The van der Waals surface area contributed by atoms with Gasteiger partial charge in [-0.1, -0.05) is 172 Å². The van der Waals surface area contributed by atoms with Gasteiger partial charge in [-0.3, -0.25) is 4.57 Å². The number of nitrogens with zero attached hydrogens (tertiary/aromatic N) is 3. The van der Waals surface area contributed by atoms with Crippen LogP contribution in [0.3, 0.4) is 0 Å². The molecule has 10 aromatic carbocycles. The molecule has 1 aliphatic rings. The van der Waals surface area contributed by atoms with E-state index in [9.17, 15) is 0 Å². The van der Waals surface area contributed by atoms with Crippen LogP contribution in [0, 0.1) is 0 Å². The average Bonchev–Trinajstić information content (AvgIpc) is 3.76. The van der Waals surface area contributed by atoms with Crippen LogP contribution in [-0.2, 0) is 5.41 Å². The molecule has 62 heavy (non-hydrogen) atoms. The molecular weight excluding hydrogens is 751 g/mol. The second kappa shape index (κ2) is 13.1. The van der Waals surface area contributed by atoms with Crippen LogP contribution < -0.4 is 0 Å². The maximum atomic E-state index is 5.66. The summed E-state index contributed by atoms with van der Waals surface area (Å²) in [7, 11) is 0. The smallest absolute Gasteiger partial charge is 0.162 e. The van der Waals surface area contributed by atoms with Crippen molar-refractivity contribution in [3.8, 4) is 50.6 Å². The predicted octanol–water partition coefficient (Wildman–Crippen LogP) is 15.5. The number of hydrogen-bond donors (Lipinski definition) is 0. The lowest BCUT2D eigenvalue weighted by molar-refractivity contribution is 0.660. The van der Waals surface area contributed by atoms with Crippen LogP contribution in [0.15, 0.2) is 200 Å². The molecule has 1 aliphatic carbocycles. The Hall–Kier alpha value is -7.88. The highest BCUT2D eigenvalue weighted by Crippen LogP contribution is 2.50. The first-order chi connectivity index (χ1) is 30.5. The van der Waals surface area contributed by atoms with Crippen molar-refractivity contribution in [2.24, 2.45) is 0 Å². The maximum absolute atomic E-state index is 5.66. The zero-order valence-electron chi connectivity index (χ0n) is 34.4. The summed E-state index contributed by atoms with van der Waals surface area (Å²) in [5.41, 5.74) is 13.9. The lowest BCUT2D eigenvalue weighted by Crippen LogP contribution is -2.15. The lowest BCUT2D eigenvalue weighted by Gasteiger charge is -2.22. The van der Waals surface area contributed by atoms with Gasteiger partial charge in [0, 0.05) is 27.1 Å². The van der Waals surface area contributed by atoms with Gasteiger partial charge in [0.1, 0.15) is 5.82 Å². The SMILES string of the molecule is CC1(C)c2ccccc2-c2ccc(-c3nc(-n4c5cc(-c6cc7ccccc7c7ccccc67)ccc5c5cc6ccccc6cc54)c4ccc(-c5ccccc5)cc4n3)cc21. The molecule has 0 radical (unpaired) electrons. The first kappa shape index (κ1) is 34.9. The standard InChI is InChI=1S/C59H39N3/c1-59(2)52-23-13-12-22-46(52)47-27-26-42(32-53(47)59)57-60-54-33-39(36-14-4-3-5-15-36)24-29-49(54)58(61-57)62-55-35-41(25-28-48(55)51-30-37-16-6-7-17-38(37)34-56(51)62)50-31-40-18-8-9-19-43(40)44-20-10-11-21-45(44)50/h3-35H,1-2H3. The van der Waals surface area contributed by atoms with Crippen LogP contribution in [0.4, 0.5) is 0 Å². The van der Waals surface area contributed by atoms with Crippen molar-refractivity contribution in [1.82, 2.24) is 14.5 Å². The van der Waals surface area contributed by atoms with Crippen molar-refractivity contribution < 1.29 is 0 Å². The van der Waals surface area contributed by atoms with Crippen LogP contribution in [0.5, 0.6) is 0 Å². The molecule has 0 fully saturated rings. The zero-order valence-corrected chi connectivity index (χ0v) is 34.4. The summed E-state index contributed by atoms with van der Waals surface area (Å²) in [5.74, 6) is 1.57. The van der Waals surface area contributed by atoms with Crippen LogP contribution in [-0.4, -0.2) is 14.5 Å². The van der Waals surface area contributed by atoms with Crippen molar-refractivity contribution in [1.29, 1.82) is 0 Å². The van der Waals surface area contributed by atoms with E-state index in [1.54, 1.807) is 0 Å². The largest absolute Gasteiger partial charge is 0.293 e. The Morgan fingerprint density at radius 1 is 0.355 bits per heavy atom. The van der Waals surface area contributed by atoms with Crippen LogP contribution >= 0.6 is 0 Å². The van der Waals surface area contributed by atoms with Crippen LogP contribution in [0.1, 0.15) is 25.0 Å². The highest BCUT2D eigenvalue weighted by atomic mass is 15.1. The van der Waals surface area contributed by atoms with Crippen LogP contribution in [0.2, 0.25) is 0 Å². The third-order valence-corrected chi connectivity index (χ3v) is 13.6. The first-order valence-electron chi connectivity index (χ1n) is 21.5. The van der Waals surface area contributed by atoms with E-state index in [-0.39, 0.29) is 5.41 Å². The summed E-state index contributed by atoms with van der Waals surface area (Å²) in [6.45, 7) is 4.66. The topological polar surface area (TPSA) is 30.7 Å². The number of benzene rings is 10. The Morgan fingerprint density at radius 3 is 1.85 bits per heavy atom. The Bertz CT molecular complexity index is 3840. The van der Waals surface area contributed by atoms with Gasteiger partial charge < -0.3 is 0 Å². The van der Waals surface area contributed by atoms with E-state index in [1.165, 1.54) is 76.5 Å². The van der Waals surface area contributed by atoms with Gasteiger partial charge in [-0.15, -0.1) is 0 Å². The predicted molar refractivity (Wildman–Crippen MR) is 260 cm³/mol. The Morgan fingerprint density at radius 2 is 1.00 bits per heavy atom. The third kappa shape index (κ3) is 5.12. The Kier molecular flexibility index (Phi) is 7.36. The minimum Gasteiger partial charge on any atom is -0.293 e. The summed E-state index contributed by atoms with van der Waals surface area (Å²) in [5, 5.41) is 10.8. The molecule has 0 saturated heterocycles. The highest BCUT2D eigenvalue weighted by Gasteiger charge is 2.35. The molecule has 0 bridgehead atoms. The van der Waals surface area contributed by atoms with Crippen LogP contribution in [0.25, 0.3) is 116 Å². The molecule has 290 valence electrons. The Balaban J connectivity index is 1.12. The summed E-state index contributed by atoms with van der Waals surface area (Å²) < 4.78 is 2.41. The third-order valence-electron chi connectivity index (χ3n) is 13.6. The van der Waals surface area contributed by atoms with Gasteiger partial charge in [-0.05, 0) is 119 Å². The highest BCUT2D eigenvalue weighted by molar-refractivity contribution is 6.17. The second-order valence-corrected chi connectivity index (χ2v) is 17.4. The average molecular weight is 790 g/mol. The Labute approximate surface area is 359 Å². The van der Waals surface area contributed by atoms with Crippen molar-refractivity contribution in [3.63, 3.8) is 0 Å². The van der Waals surface area contributed by atoms with Gasteiger partial charge in [-0.2, -0.15) is 0 Å². The van der Waals surface area contributed by atoms with Gasteiger partial charge in [0.05, 0.1) is 16.6 Å². The molecule has 12 aromatic rings. The number of aromatic nitrogens is 3. The fraction of sp³-hybridized carbons (Fsp3) is 0.0508. The molecule has 2 aromatic heterocycles. The molecule has 3 heteroatoms. The van der Waals surface area contributed by atoms with E-state index in [0.717, 1.165) is 44.4 Å². The fourth-order valence-electron chi connectivity index (χ4n) is 10.5. The zero-order chi connectivity index (χ0) is 41.1. The van der Waals surface area contributed by atoms with Gasteiger partial charge >= 0.3 is 0 Å². The van der Waals surface area contributed by atoms with Crippen molar-refractivity contribution in [2.45, 2.75) is 19.3 Å². The summed E-state index contributed by atoms with van der Waals surface area (Å²) in [6, 6.07) is 73.2. The molecular formula is C59H39N3. The van der Waals surface area contributed by atoms with Crippen molar-refractivity contribution in [2.75, 3.05) is 0 Å². The summed E-state index contributed by atoms with van der Waals surface area (Å²) >= 11 is 0. The van der Waals surface area contributed by atoms with E-state index in [2.05, 4.69) is 219 Å². The number of fused-ring (bicyclic) bond motifs is 11.